The zero-order valence-electron chi connectivity index (χ0n) is 31.0. The first-order chi connectivity index (χ1) is 28.2. The minimum atomic E-state index is -0.385. The summed E-state index contributed by atoms with van der Waals surface area (Å²) >= 11 is 0. The summed E-state index contributed by atoms with van der Waals surface area (Å²) in [6.07, 6.45) is 11.4. The molecule has 4 aliphatic rings. The lowest BCUT2D eigenvalue weighted by Crippen LogP contribution is -2.37. The van der Waals surface area contributed by atoms with Crippen LogP contribution >= 0.6 is 0 Å². The maximum Gasteiger partial charge on any atom is 0.136 e. The van der Waals surface area contributed by atoms with Crippen molar-refractivity contribution in [1.82, 2.24) is 5.32 Å². The Morgan fingerprint density at radius 3 is 2.14 bits per heavy atom. The number of furan rings is 1. The van der Waals surface area contributed by atoms with Crippen LogP contribution in [0.15, 0.2) is 204 Å². The van der Waals surface area contributed by atoms with E-state index in [0.29, 0.717) is 0 Å². The maximum absolute atomic E-state index is 6.70. The third kappa shape index (κ3) is 4.83. The summed E-state index contributed by atoms with van der Waals surface area (Å²) in [5.41, 5.74) is 13.0. The smallest absolute Gasteiger partial charge is 0.136 e. The van der Waals surface area contributed by atoms with Gasteiger partial charge in [0.2, 0.25) is 0 Å². The van der Waals surface area contributed by atoms with Crippen molar-refractivity contribution in [3.05, 3.63) is 233 Å². The van der Waals surface area contributed by atoms with Gasteiger partial charge in [-0.05, 0) is 70.3 Å². The molecule has 2 aliphatic carbocycles. The van der Waals surface area contributed by atoms with Crippen molar-refractivity contribution in [2.75, 3.05) is 0 Å². The van der Waals surface area contributed by atoms with Gasteiger partial charge in [-0.25, -0.2) is 4.99 Å². The van der Waals surface area contributed by atoms with Crippen molar-refractivity contribution >= 4 is 33.5 Å². The summed E-state index contributed by atoms with van der Waals surface area (Å²) in [5, 5.41) is 5.97. The molecule has 4 nitrogen and oxygen atoms in total. The number of nitrogens with zero attached hydrogens (tertiary/aromatic N) is 1. The van der Waals surface area contributed by atoms with E-state index in [9.17, 15) is 0 Å². The SMILES string of the molecule is C1=CC2c3ccccc3C3(c4ccccc4Oc4ccc(-c5ccc(C6=NC(c7ccc8c(c7)oc7ccccc78)=CC(c7ccccc7)N6)cc5)cc43)C2C=C1. The zero-order valence-corrected chi connectivity index (χ0v) is 31.0. The molecule has 7 aromatic carbocycles. The molecule has 2 aliphatic heterocycles. The van der Waals surface area contributed by atoms with Crippen LogP contribution in [-0.2, 0) is 5.41 Å². The van der Waals surface area contributed by atoms with E-state index in [-0.39, 0.29) is 23.3 Å². The molecule has 3 heterocycles. The molecule has 0 saturated carbocycles. The maximum atomic E-state index is 6.70. The van der Waals surface area contributed by atoms with Gasteiger partial charge in [0.15, 0.2) is 0 Å². The average Bonchev–Trinajstić information content (AvgIpc) is 3.80. The van der Waals surface area contributed by atoms with Crippen LogP contribution in [0.3, 0.4) is 0 Å². The summed E-state index contributed by atoms with van der Waals surface area (Å²) in [6, 6.07) is 58.3. The Morgan fingerprint density at radius 1 is 0.526 bits per heavy atom. The molecular weight excluding hydrogens is 697 g/mol. The lowest BCUT2D eigenvalue weighted by molar-refractivity contribution is 0.374. The van der Waals surface area contributed by atoms with Gasteiger partial charge in [0.25, 0.3) is 0 Å². The van der Waals surface area contributed by atoms with Crippen LogP contribution < -0.4 is 10.1 Å². The summed E-state index contributed by atoms with van der Waals surface area (Å²) in [5.74, 6) is 3.19. The van der Waals surface area contributed by atoms with Crippen molar-refractivity contribution in [3.63, 3.8) is 0 Å². The molecule has 1 N–H and O–H groups in total. The van der Waals surface area contributed by atoms with Gasteiger partial charge in [0, 0.05) is 44.9 Å². The highest BCUT2D eigenvalue weighted by Gasteiger charge is 2.56. The highest BCUT2D eigenvalue weighted by molar-refractivity contribution is 6.07. The van der Waals surface area contributed by atoms with Crippen LogP contribution in [0.1, 0.15) is 50.9 Å². The fourth-order valence-electron chi connectivity index (χ4n) is 9.94. The van der Waals surface area contributed by atoms with E-state index in [2.05, 4.69) is 187 Å². The average molecular weight is 733 g/mol. The molecule has 1 aromatic heterocycles. The number of para-hydroxylation sites is 2. The van der Waals surface area contributed by atoms with Crippen LogP contribution in [-0.4, -0.2) is 5.84 Å². The second kappa shape index (κ2) is 12.4. The number of allylic oxidation sites excluding steroid dienone is 4. The highest BCUT2D eigenvalue weighted by Crippen LogP contribution is 2.64. The van der Waals surface area contributed by atoms with Crippen LogP contribution in [0.25, 0.3) is 38.8 Å². The lowest BCUT2D eigenvalue weighted by Gasteiger charge is -2.43. The predicted molar refractivity (Wildman–Crippen MR) is 230 cm³/mol. The lowest BCUT2D eigenvalue weighted by atomic mass is 9.61. The van der Waals surface area contributed by atoms with Crippen LogP contribution in [0.2, 0.25) is 0 Å². The van der Waals surface area contributed by atoms with E-state index in [1.807, 2.05) is 12.1 Å². The van der Waals surface area contributed by atoms with Crippen LogP contribution in [0.5, 0.6) is 11.5 Å². The van der Waals surface area contributed by atoms with Crippen molar-refractivity contribution in [2.45, 2.75) is 17.4 Å². The molecule has 8 aromatic rings. The minimum absolute atomic E-state index is 0.0544. The van der Waals surface area contributed by atoms with Crippen molar-refractivity contribution in [3.8, 4) is 22.6 Å². The Kier molecular flexibility index (Phi) is 7.00. The summed E-state index contributed by atoms with van der Waals surface area (Å²) in [4.78, 5) is 5.24. The fraction of sp³-hybridized carbons (Fsp3) is 0.0755. The van der Waals surface area contributed by atoms with Crippen LogP contribution in [0, 0.1) is 5.92 Å². The number of amidine groups is 1. The molecule has 12 rings (SSSR count). The first-order valence-corrected chi connectivity index (χ1v) is 19.7. The number of hydrogen-bond donors (Lipinski definition) is 1. The number of ether oxygens (including phenoxy) is 1. The van der Waals surface area contributed by atoms with Gasteiger partial charge < -0.3 is 14.5 Å². The molecule has 57 heavy (non-hydrogen) atoms. The van der Waals surface area contributed by atoms with Crippen molar-refractivity contribution in [2.24, 2.45) is 10.9 Å². The van der Waals surface area contributed by atoms with Gasteiger partial charge in [0.05, 0.1) is 17.2 Å². The second-order valence-corrected chi connectivity index (χ2v) is 15.5. The molecule has 4 unspecified atom stereocenters. The first-order valence-electron chi connectivity index (χ1n) is 19.7. The number of fused-ring (bicyclic) bond motifs is 12. The molecule has 0 fully saturated rings. The van der Waals surface area contributed by atoms with Crippen molar-refractivity contribution in [1.29, 1.82) is 0 Å². The summed E-state index contributed by atoms with van der Waals surface area (Å²) in [6.45, 7) is 0. The van der Waals surface area contributed by atoms with Crippen LogP contribution in [0.4, 0.5) is 0 Å². The molecular formula is C53H36N2O2. The highest BCUT2D eigenvalue weighted by atomic mass is 16.5. The Balaban J connectivity index is 0.943. The second-order valence-electron chi connectivity index (χ2n) is 15.5. The quantitative estimate of drug-likeness (QED) is 0.196. The summed E-state index contributed by atoms with van der Waals surface area (Å²) < 4.78 is 13.0. The largest absolute Gasteiger partial charge is 0.457 e. The number of benzene rings is 7. The molecule has 0 amide bonds. The van der Waals surface area contributed by atoms with Gasteiger partial charge in [-0.2, -0.15) is 0 Å². The molecule has 270 valence electrons. The van der Waals surface area contributed by atoms with E-state index in [4.69, 9.17) is 14.1 Å². The molecule has 0 saturated heterocycles. The molecule has 4 atom stereocenters. The Morgan fingerprint density at radius 2 is 1.23 bits per heavy atom. The predicted octanol–water partition coefficient (Wildman–Crippen LogP) is 12.7. The van der Waals surface area contributed by atoms with Gasteiger partial charge in [-0.15, -0.1) is 0 Å². The minimum Gasteiger partial charge on any atom is -0.457 e. The zero-order chi connectivity index (χ0) is 37.5. The number of nitrogens with one attached hydrogen (secondary N) is 1. The normalized spacial score (nSPS) is 21.2. The van der Waals surface area contributed by atoms with Gasteiger partial charge in [-0.3, -0.25) is 0 Å². The van der Waals surface area contributed by atoms with Crippen molar-refractivity contribution < 1.29 is 9.15 Å². The molecule has 0 radical (unpaired) electrons. The van der Waals surface area contributed by atoms with Gasteiger partial charge >= 0.3 is 0 Å². The molecule has 1 spiro atoms. The first kappa shape index (κ1) is 32.1. The topological polar surface area (TPSA) is 46.8 Å². The monoisotopic (exact) mass is 732 g/mol. The number of rotatable bonds is 4. The van der Waals surface area contributed by atoms with E-state index in [1.165, 1.54) is 27.8 Å². The number of aliphatic imine (C=N–C) groups is 1. The third-order valence-electron chi connectivity index (χ3n) is 12.5. The standard InChI is InChI=1S/C53H36N2O2/c1-2-12-34(13-3-1)46-32-47(37-26-28-41-40-16-6-10-20-48(40)56-51(41)31-37)55-52(54-46)35-24-22-33(23-25-35)36-27-29-50-45(30-36)53(44-19-9-11-21-49(44)57-50)42-17-7-4-14-38(42)39-15-5-8-18-43(39)53/h1-32,38,42,46H,(H,54,55). The summed E-state index contributed by atoms with van der Waals surface area (Å²) in [7, 11) is 0. The Bertz CT molecular complexity index is 3040. The fourth-order valence-corrected chi connectivity index (χ4v) is 9.94. The van der Waals surface area contributed by atoms with E-state index < -0.39 is 0 Å². The number of hydrogen-bond acceptors (Lipinski definition) is 4. The van der Waals surface area contributed by atoms with Gasteiger partial charge in [-0.1, -0.05) is 152 Å². The van der Waals surface area contributed by atoms with E-state index >= 15 is 0 Å². The van der Waals surface area contributed by atoms with Gasteiger partial charge in [0.1, 0.15) is 28.5 Å². The van der Waals surface area contributed by atoms with E-state index in [1.54, 1.807) is 0 Å². The molecule has 0 bridgehead atoms. The van der Waals surface area contributed by atoms with E-state index in [0.717, 1.165) is 67.2 Å². The Hall–Kier alpha value is -7.17. The Labute approximate surface area is 330 Å². The molecule has 4 heteroatoms. The third-order valence-corrected chi connectivity index (χ3v) is 12.5.